The summed E-state index contributed by atoms with van der Waals surface area (Å²) in [6, 6.07) is 1.14. The highest BCUT2D eigenvalue weighted by molar-refractivity contribution is 5.76. The summed E-state index contributed by atoms with van der Waals surface area (Å²) in [5.41, 5.74) is -1.20. The van der Waals surface area contributed by atoms with Crippen LogP contribution in [0.3, 0.4) is 0 Å². The van der Waals surface area contributed by atoms with Crippen molar-refractivity contribution in [2.24, 2.45) is 0 Å². The van der Waals surface area contributed by atoms with E-state index in [9.17, 15) is 24.6 Å². The van der Waals surface area contributed by atoms with E-state index in [1.807, 2.05) is 4.98 Å². The topological polar surface area (TPSA) is 116 Å². The van der Waals surface area contributed by atoms with E-state index in [-0.39, 0.29) is 19.6 Å². The zero-order chi connectivity index (χ0) is 13.3. The third-order valence-corrected chi connectivity index (χ3v) is 2.81. The summed E-state index contributed by atoms with van der Waals surface area (Å²) in [7, 11) is 0. The normalized spacial score (nSPS) is 23.3. The van der Waals surface area contributed by atoms with Gasteiger partial charge in [0.25, 0.3) is 5.56 Å². The van der Waals surface area contributed by atoms with Crippen LogP contribution in [0.4, 0.5) is 0 Å². The van der Waals surface area contributed by atoms with Crippen LogP contribution in [0, 0.1) is 0 Å². The number of carbonyl (C=O) groups is 1. The Kier molecular flexibility index (Phi) is 3.30. The highest BCUT2D eigenvalue weighted by Crippen LogP contribution is 2.10. The second kappa shape index (κ2) is 4.75. The highest BCUT2D eigenvalue weighted by Gasteiger charge is 2.32. The zero-order valence-corrected chi connectivity index (χ0v) is 9.44. The Balaban J connectivity index is 2.08. The first-order valence-corrected chi connectivity index (χ1v) is 5.41. The Hall–Kier alpha value is -1.93. The molecule has 0 bridgehead atoms. The number of aromatic nitrogens is 2. The van der Waals surface area contributed by atoms with E-state index in [2.05, 4.69) is 0 Å². The van der Waals surface area contributed by atoms with E-state index in [0.29, 0.717) is 0 Å². The molecule has 2 atom stereocenters. The molecule has 1 aliphatic rings. The lowest BCUT2D eigenvalue weighted by Gasteiger charge is -2.15. The molecule has 8 nitrogen and oxygen atoms in total. The molecule has 3 N–H and O–H groups in total. The minimum atomic E-state index is -0.957. The lowest BCUT2D eigenvalue weighted by atomic mass is 10.3. The van der Waals surface area contributed by atoms with Crippen LogP contribution < -0.4 is 11.2 Å². The first kappa shape index (κ1) is 12.5. The van der Waals surface area contributed by atoms with Gasteiger partial charge in [-0.1, -0.05) is 0 Å². The Morgan fingerprint density at radius 3 is 2.50 bits per heavy atom. The SMILES string of the molecule is O=C(Cn1ccc(=O)[nH]c1=O)N1CC(O)C(O)C1. The average molecular weight is 255 g/mol. The van der Waals surface area contributed by atoms with Crippen LogP contribution in [-0.4, -0.2) is 55.9 Å². The number of nitrogens with one attached hydrogen (secondary N) is 1. The molecule has 1 aromatic rings. The molecule has 1 aliphatic heterocycles. The molecular weight excluding hydrogens is 242 g/mol. The van der Waals surface area contributed by atoms with E-state index < -0.39 is 29.4 Å². The van der Waals surface area contributed by atoms with Crippen LogP contribution in [0.5, 0.6) is 0 Å². The minimum Gasteiger partial charge on any atom is -0.388 e. The maximum absolute atomic E-state index is 11.8. The van der Waals surface area contributed by atoms with Crippen molar-refractivity contribution in [2.75, 3.05) is 13.1 Å². The smallest absolute Gasteiger partial charge is 0.328 e. The molecule has 2 heterocycles. The van der Waals surface area contributed by atoms with Gasteiger partial charge in [0.05, 0.1) is 12.2 Å². The molecule has 0 aromatic carbocycles. The summed E-state index contributed by atoms with van der Waals surface area (Å²) in [6.45, 7) is -0.161. The van der Waals surface area contributed by atoms with Crippen molar-refractivity contribution in [1.82, 2.24) is 14.5 Å². The van der Waals surface area contributed by atoms with Gasteiger partial charge in [0.1, 0.15) is 6.54 Å². The largest absolute Gasteiger partial charge is 0.388 e. The predicted octanol–water partition coefficient (Wildman–Crippen LogP) is -2.90. The Morgan fingerprint density at radius 1 is 1.33 bits per heavy atom. The van der Waals surface area contributed by atoms with Crippen molar-refractivity contribution in [1.29, 1.82) is 0 Å². The van der Waals surface area contributed by atoms with Crippen LogP contribution in [0.1, 0.15) is 0 Å². The van der Waals surface area contributed by atoms with E-state index in [1.54, 1.807) is 0 Å². The molecule has 1 aromatic heterocycles. The fourth-order valence-corrected chi connectivity index (χ4v) is 1.79. The number of hydrogen-bond donors (Lipinski definition) is 3. The second-order valence-corrected chi connectivity index (χ2v) is 4.17. The number of carbonyl (C=O) groups excluding carboxylic acids is 1. The molecule has 0 radical (unpaired) electrons. The molecule has 18 heavy (non-hydrogen) atoms. The number of amides is 1. The van der Waals surface area contributed by atoms with Crippen molar-refractivity contribution in [3.8, 4) is 0 Å². The number of nitrogens with zero attached hydrogens (tertiary/aromatic N) is 2. The van der Waals surface area contributed by atoms with Gasteiger partial charge < -0.3 is 15.1 Å². The first-order valence-electron chi connectivity index (χ1n) is 5.41. The predicted molar refractivity (Wildman–Crippen MR) is 59.9 cm³/mol. The molecule has 8 heteroatoms. The van der Waals surface area contributed by atoms with Crippen LogP contribution in [0.25, 0.3) is 0 Å². The van der Waals surface area contributed by atoms with E-state index in [0.717, 1.165) is 10.6 Å². The van der Waals surface area contributed by atoms with Crippen LogP contribution in [0.2, 0.25) is 0 Å². The molecule has 2 rings (SSSR count). The van der Waals surface area contributed by atoms with Crippen molar-refractivity contribution in [2.45, 2.75) is 18.8 Å². The van der Waals surface area contributed by atoms with Gasteiger partial charge in [-0.2, -0.15) is 0 Å². The van der Waals surface area contributed by atoms with Gasteiger partial charge in [0.2, 0.25) is 5.91 Å². The Morgan fingerprint density at radius 2 is 1.94 bits per heavy atom. The number of aromatic amines is 1. The summed E-state index contributed by atoms with van der Waals surface area (Å²) in [4.78, 5) is 37.3. The average Bonchev–Trinajstić information content (AvgIpc) is 2.63. The number of aliphatic hydroxyl groups is 2. The molecule has 98 valence electrons. The van der Waals surface area contributed by atoms with Crippen LogP contribution >= 0.6 is 0 Å². The summed E-state index contributed by atoms with van der Waals surface area (Å²) in [6.07, 6.45) is -0.690. The van der Waals surface area contributed by atoms with Crippen molar-refractivity contribution in [3.05, 3.63) is 33.1 Å². The molecule has 0 saturated carbocycles. The molecule has 0 aliphatic carbocycles. The fraction of sp³-hybridized carbons (Fsp3) is 0.500. The van der Waals surface area contributed by atoms with Gasteiger partial charge >= 0.3 is 5.69 Å². The summed E-state index contributed by atoms with van der Waals surface area (Å²) in [5, 5.41) is 18.6. The third kappa shape index (κ3) is 2.49. The van der Waals surface area contributed by atoms with Crippen molar-refractivity contribution >= 4 is 5.91 Å². The molecule has 1 fully saturated rings. The standard InChI is InChI=1S/C10H13N3O5/c14-6-3-13(4-7(6)15)9(17)5-12-2-1-8(16)11-10(12)18/h1-2,6-7,14-15H,3-5H2,(H,11,16,18). The van der Waals surface area contributed by atoms with Crippen molar-refractivity contribution in [3.63, 3.8) is 0 Å². The van der Waals surface area contributed by atoms with Gasteiger partial charge in [0.15, 0.2) is 0 Å². The van der Waals surface area contributed by atoms with Gasteiger partial charge in [-0.15, -0.1) is 0 Å². The maximum atomic E-state index is 11.8. The minimum absolute atomic E-state index is 0.0398. The van der Waals surface area contributed by atoms with Crippen LogP contribution in [-0.2, 0) is 11.3 Å². The number of rotatable bonds is 2. The summed E-state index contributed by atoms with van der Waals surface area (Å²) >= 11 is 0. The molecule has 0 spiro atoms. The number of aliphatic hydroxyl groups excluding tert-OH is 2. The molecule has 1 amide bonds. The van der Waals surface area contributed by atoms with E-state index in [1.165, 1.54) is 11.1 Å². The molecule has 1 saturated heterocycles. The number of likely N-dealkylation sites (tertiary alicyclic amines) is 1. The lowest BCUT2D eigenvalue weighted by molar-refractivity contribution is -0.131. The quantitative estimate of drug-likeness (QED) is 0.524. The number of H-pyrrole nitrogens is 1. The third-order valence-electron chi connectivity index (χ3n) is 2.81. The summed E-state index contributed by atoms with van der Waals surface area (Å²) < 4.78 is 1.06. The van der Waals surface area contributed by atoms with E-state index >= 15 is 0 Å². The van der Waals surface area contributed by atoms with Crippen molar-refractivity contribution < 1.29 is 15.0 Å². The second-order valence-electron chi connectivity index (χ2n) is 4.17. The highest BCUT2D eigenvalue weighted by atomic mass is 16.3. The van der Waals surface area contributed by atoms with Crippen LogP contribution in [0.15, 0.2) is 21.9 Å². The summed E-state index contributed by atoms with van der Waals surface area (Å²) in [5.74, 6) is -0.403. The maximum Gasteiger partial charge on any atom is 0.328 e. The van der Waals surface area contributed by atoms with Gasteiger partial charge in [-0.05, 0) is 0 Å². The lowest BCUT2D eigenvalue weighted by Crippen LogP contribution is -2.37. The van der Waals surface area contributed by atoms with E-state index in [4.69, 9.17) is 0 Å². The number of β-amino-alcohol motifs (C(OH)–C–C–N with tert-alkyl or cyclic N) is 2. The fourth-order valence-electron chi connectivity index (χ4n) is 1.79. The monoisotopic (exact) mass is 255 g/mol. The zero-order valence-electron chi connectivity index (χ0n) is 9.44. The first-order chi connectivity index (χ1) is 8.47. The molecule has 2 unspecified atom stereocenters. The van der Waals surface area contributed by atoms with Gasteiger partial charge in [-0.3, -0.25) is 19.1 Å². The number of hydrogen-bond acceptors (Lipinski definition) is 5. The Labute approximate surface area is 101 Å². The Bertz CT molecular complexity index is 553. The van der Waals surface area contributed by atoms with Gasteiger partial charge in [0, 0.05) is 25.4 Å². The van der Waals surface area contributed by atoms with Gasteiger partial charge in [-0.25, -0.2) is 4.79 Å². The molecular formula is C10H13N3O5.